The van der Waals surface area contributed by atoms with Crippen molar-refractivity contribution in [1.29, 1.82) is 0 Å². The molecular formula is C11H22N2O4. The van der Waals surface area contributed by atoms with Gasteiger partial charge in [-0.05, 0) is 27.2 Å². The average molecular weight is 246 g/mol. The fraction of sp³-hybridized carbons (Fsp3) is 0.818. The standard InChI is InChI=1S/C11H22N2O4/c1-6-8(9(14)12-7-16-5)17-10(15)13-11(2,3)4/h8H,6-7H2,1-5H3,(H,12,14)(H,13,15)/t8-/m0/s1. The second-order valence-electron chi connectivity index (χ2n) is 4.65. The van der Waals surface area contributed by atoms with Gasteiger partial charge in [-0.2, -0.15) is 0 Å². The molecule has 0 saturated heterocycles. The van der Waals surface area contributed by atoms with Gasteiger partial charge in [0, 0.05) is 12.6 Å². The summed E-state index contributed by atoms with van der Waals surface area (Å²) < 4.78 is 9.72. The zero-order chi connectivity index (χ0) is 13.5. The van der Waals surface area contributed by atoms with E-state index >= 15 is 0 Å². The van der Waals surface area contributed by atoms with Crippen LogP contribution in [-0.4, -0.2) is 37.5 Å². The molecule has 0 radical (unpaired) electrons. The number of ether oxygens (including phenoxy) is 2. The van der Waals surface area contributed by atoms with Gasteiger partial charge in [0.2, 0.25) is 0 Å². The minimum atomic E-state index is -0.799. The van der Waals surface area contributed by atoms with Crippen molar-refractivity contribution in [3.63, 3.8) is 0 Å². The Morgan fingerprint density at radius 2 is 1.88 bits per heavy atom. The number of nitrogens with one attached hydrogen (secondary N) is 2. The minimum Gasteiger partial charge on any atom is -0.436 e. The Morgan fingerprint density at radius 1 is 1.29 bits per heavy atom. The van der Waals surface area contributed by atoms with E-state index in [4.69, 9.17) is 9.47 Å². The second-order valence-corrected chi connectivity index (χ2v) is 4.65. The second kappa shape index (κ2) is 7.11. The van der Waals surface area contributed by atoms with Crippen LogP contribution in [0, 0.1) is 0 Å². The number of carbonyl (C=O) groups is 2. The zero-order valence-electron chi connectivity index (χ0n) is 11.1. The lowest BCUT2D eigenvalue weighted by molar-refractivity contribution is -0.131. The van der Waals surface area contributed by atoms with Crippen molar-refractivity contribution in [1.82, 2.24) is 10.6 Å². The summed E-state index contributed by atoms with van der Waals surface area (Å²) in [6.45, 7) is 7.36. The molecular weight excluding hydrogens is 224 g/mol. The Bertz CT molecular complexity index is 261. The molecule has 0 spiro atoms. The Balaban J connectivity index is 4.21. The predicted molar refractivity (Wildman–Crippen MR) is 63.5 cm³/mol. The molecule has 0 aliphatic rings. The van der Waals surface area contributed by atoms with E-state index in [1.165, 1.54) is 7.11 Å². The average Bonchev–Trinajstić information content (AvgIpc) is 2.19. The van der Waals surface area contributed by atoms with Crippen molar-refractivity contribution in [2.75, 3.05) is 13.8 Å². The van der Waals surface area contributed by atoms with Crippen LogP contribution in [0.1, 0.15) is 34.1 Å². The number of rotatable bonds is 5. The lowest BCUT2D eigenvalue weighted by Crippen LogP contribution is -2.45. The number of carbonyl (C=O) groups excluding carboxylic acids is 2. The molecule has 0 aliphatic carbocycles. The van der Waals surface area contributed by atoms with Crippen LogP contribution in [0.2, 0.25) is 0 Å². The fourth-order valence-electron chi connectivity index (χ4n) is 1.04. The molecule has 1 atom stereocenters. The highest BCUT2D eigenvalue weighted by Crippen LogP contribution is 2.03. The van der Waals surface area contributed by atoms with Crippen molar-refractivity contribution in [3.8, 4) is 0 Å². The highest BCUT2D eigenvalue weighted by Gasteiger charge is 2.23. The molecule has 0 bridgehead atoms. The number of amides is 2. The molecule has 0 aromatic carbocycles. The third kappa shape index (κ3) is 7.57. The molecule has 0 saturated carbocycles. The molecule has 0 rings (SSSR count). The van der Waals surface area contributed by atoms with E-state index in [9.17, 15) is 9.59 Å². The van der Waals surface area contributed by atoms with Gasteiger partial charge in [0.1, 0.15) is 6.73 Å². The lowest BCUT2D eigenvalue weighted by atomic mass is 10.1. The summed E-state index contributed by atoms with van der Waals surface area (Å²) in [4.78, 5) is 23.0. The topological polar surface area (TPSA) is 76.7 Å². The van der Waals surface area contributed by atoms with E-state index in [0.717, 1.165) is 0 Å². The van der Waals surface area contributed by atoms with Gasteiger partial charge in [-0.3, -0.25) is 4.79 Å². The number of hydrogen-bond acceptors (Lipinski definition) is 4. The largest absolute Gasteiger partial charge is 0.436 e. The molecule has 0 unspecified atom stereocenters. The highest BCUT2D eigenvalue weighted by molar-refractivity contribution is 5.83. The Hall–Kier alpha value is -1.30. The van der Waals surface area contributed by atoms with Crippen molar-refractivity contribution >= 4 is 12.0 Å². The summed E-state index contributed by atoms with van der Waals surface area (Å²) in [5.74, 6) is -0.363. The lowest BCUT2D eigenvalue weighted by Gasteiger charge is -2.22. The molecule has 100 valence electrons. The van der Waals surface area contributed by atoms with E-state index in [-0.39, 0.29) is 12.6 Å². The third-order valence-corrected chi connectivity index (χ3v) is 1.78. The number of hydrogen-bond donors (Lipinski definition) is 2. The molecule has 2 amide bonds. The number of methoxy groups -OCH3 is 1. The van der Waals surface area contributed by atoms with E-state index in [1.54, 1.807) is 6.92 Å². The summed E-state index contributed by atoms with van der Waals surface area (Å²) >= 11 is 0. The molecule has 0 aliphatic heterocycles. The molecule has 0 heterocycles. The Labute approximate surface area is 102 Å². The maximum atomic E-state index is 11.5. The maximum absolute atomic E-state index is 11.5. The van der Waals surface area contributed by atoms with Crippen molar-refractivity contribution < 1.29 is 19.1 Å². The first-order valence-electron chi connectivity index (χ1n) is 5.55. The van der Waals surface area contributed by atoms with Crippen molar-refractivity contribution in [2.24, 2.45) is 0 Å². The van der Waals surface area contributed by atoms with Crippen molar-refractivity contribution in [3.05, 3.63) is 0 Å². The summed E-state index contributed by atoms with van der Waals surface area (Å²) in [5, 5.41) is 5.11. The summed E-state index contributed by atoms with van der Waals surface area (Å²) in [5.41, 5.74) is -0.390. The predicted octanol–water partition coefficient (Wildman–Crippen LogP) is 1.01. The summed E-state index contributed by atoms with van der Waals surface area (Å²) in [6, 6.07) is 0. The molecule has 0 fully saturated rings. The van der Waals surface area contributed by atoms with Crippen LogP contribution in [-0.2, 0) is 14.3 Å². The SMILES string of the molecule is CC[C@H](OC(=O)NC(C)(C)C)C(=O)NCOC. The Morgan fingerprint density at radius 3 is 2.29 bits per heavy atom. The summed E-state index contributed by atoms with van der Waals surface area (Å²) in [7, 11) is 1.47. The van der Waals surface area contributed by atoms with E-state index in [0.29, 0.717) is 6.42 Å². The van der Waals surface area contributed by atoms with Crippen LogP contribution in [0.5, 0.6) is 0 Å². The molecule has 0 aromatic rings. The summed E-state index contributed by atoms with van der Waals surface area (Å²) in [6.07, 6.45) is -0.989. The van der Waals surface area contributed by atoms with Gasteiger partial charge in [-0.25, -0.2) is 4.79 Å². The number of alkyl carbamates (subject to hydrolysis) is 1. The van der Waals surface area contributed by atoms with Gasteiger partial charge in [-0.15, -0.1) is 0 Å². The van der Waals surface area contributed by atoms with Crippen LogP contribution in [0.4, 0.5) is 4.79 Å². The highest BCUT2D eigenvalue weighted by atomic mass is 16.6. The normalized spacial score (nSPS) is 12.8. The van der Waals surface area contributed by atoms with Crippen LogP contribution in [0.3, 0.4) is 0 Å². The van der Waals surface area contributed by atoms with Crippen LogP contribution in [0.15, 0.2) is 0 Å². The van der Waals surface area contributed by atoms with Gasteiger partial charge < -0.3 is 20.1 Å². The van der Waals surface area contributed by atoms with E-state index < -0.39 is 17.7 Å². The zero-order valence-corrected chi connectivity index (χ0v) is 11.1. The first-order chi connectivity index (χ1) is 7.80. The molecule has 0 aromatic heterocycles. The third-order valence-electron chi connectivity index (χ3n) is 1.78. The van der Waals surface area contributed by atoms with E-state index in [1.807, 2.05) is 20.8 Å². The van der Waals surface area contributed by atoms with Crippen LogP contribution in [0.25, 0.3) is 0 Å². The smallest absolute Gasteiger partial charge is 0.408 e. The monoisotopic (exact) mass is 246 g/mol. The minimum absolute atomic E-state index is 0.0968. The quantitative estimate of drug-likeness (QED) is 0.710. The van der Waals surface area contributed by atoms with E-state index in [2.05, 4.69) is 10.6 Å². The molecule has 2 N–H and O–H groups in total. The first kappa shape index (κ1) is 15.7. The van der Waals surface area contributed by atoms with Gasteiger partial charge >= 0.3 is 6.09 Å². The van der Waals surface area contributed by atoms with Crippen LogP contribution < -0.4 is 10.6 Å². The fourth-order valence-corrected chi connectivity index (χ4v) is 1.04. The van der Waals surface area contributed by atoms with Crippen molar-refractivity contribution in [2.45, 2.75) is 45.8 Å². The van der Waals surface area contributed by atoms with Crippen LogP contribution >= 0.6 is 0 Å². The molecule has 17 heavy (non-hydrogen) atoms. The van der Waals surface area contributed by atoms with Gasteiger partial charge in [0.25, 0.3) is 5.91 Å². The van der Waals surface area contributed by atoms with Gasteiger partial charge in [0.15, 0.2) is 6.10 Å². The molecule has 6 heteroatoms. The first-order valence-corrected chi connectivity index (χ1v) is 5.55. The Kier molecular flexibility index (Phi) is 6.57. The van der Waals surface area contributed by atoms with Gasteiger partial charge in [0.05, 0.1) is 0 Å². The molecule has 6 nitrogen and oxygen atoms in total. The maximum Gasteiger partial charge on any atom is 0.408 e. The van der Waals surface area contributed by atoms with Gasteiger partial charge in [-0.1, -0.05) is 6.92 Å².